The van der Waals surface area contributed by atoms with E-state index in [-0.39, 0.29) is 5.57 Å². The lowest BCUT2D eigenvalue weighted by atomic mass is 9.79. The number of rotatable bonds is 2. The summed E-state index contributed by atoms with van der Waals surface area (Å²) >= 11 is 0. The van der Waals surface area contributed by atoms with Crippen LogP contribution in [-0.2, 0) is 14.3 Å². The van der Waals surface area contributed by atoms with Crippen molar-refractivity contribution >= 4 is 5.97 Å². The van der Waals surface area contributed by atoms with E-state index in [2.05, 4.69) is 4.74 Å². The fourth-order valence-electron chi connectivity index (χ4n) is 2.30. The second kappa shape index (κ2) is 4.14. The van der Waals surface area contributed by atoms with Gasteiger partial charge in [0.15, 0.2) is 0 Å². The molecule has 0 aromatic carbocycles. The average Bonchev–Trinajstić information content (AvgIpc) is 2.69. The first-order chi connectivity index (χ1) is 8.03. The second-order valence-electron chi connectivity index (χ2n) is 4.15. The van der Waals surface area contributed by atoms with Crippen LogP contribution in [0.25, 0.3) is 0 Å². The molecule has 3 N–H and O–H groups in total. The smallest absolute Gasteiger partial charge is 0.337 e. The highest BCUT2D eigenvalue weighted by atomic mass is 16.6. The van der Waals surface area contributed by atoms with Gasteiger partial charge in [-0.2, -0.15) is 0 Å². The zero-order valence-corrected chi connectivity index (χ0v) is 9.24. The van der Waals surface area contributed by atoms with Crippen molar-refractivity contribution in [1.82, 2.24) is 0 Å². The SMILES string of the molecule is COC(=O)C1=COC(O)[C@H]2[C@@H]1C=C[C@@]2(O)CO. The first-order valence-electron chi connectivity index (χ1n) is 5.18. The Bertz CT molecular complexity index is 387. The number of fused-ring (bicyclic) bond motifs is 1. The van der Waals surface area contributed by atoms with E-state index >= 15 is 0 Å². The number of allylic oxidation sites excluding steroid dienone is 1. The summed E-state index contributed by atoms with van der Waals surface area (Å²) in [7, 11) is 1.24. The van der Waals surface area contributed by atoms with Crippen LogP contribution in [0.3, 0.4) is 0 Å². The third-order valence-electron chi connectivity index (χ3n) is 3.23. The van der Waals surface area contributed by atoms with Crippen LogP contribution in [0.1, 0.15) is 0 Å². The third kappa shape index (κ3) is 1.74. The summed E-state index contributed by atoms with van der Waals surface area (Å²) in [5.74, 6) is -1.92. The molecule has 1 aliphatic heterocycles. The number of carbonyl (C=O) groups excluding carboxylic acids is 1. The highest BCUT2D eigenvalue weighted by Crippen LogP contribution is 2.43. The van der Waals surface area contributed by atoms with E-state index in [9.17, 15) is 15.0 Å². The van der Waals surface area contributed by atoms with Crippen molar-refractivity contribution in [1.29, 1.82) is 0 Å². The molecule has 1 aliphatic carbocycles. The molecule has 0 spiro atoms. The minimum atomic E-state index is -1.59. The molecule has 94 valence electrons. The topological polar surface area (TPSA) is 96.2 Å². The van der Waals surface area contributed by atoms with E-state index in [1.54, 1.807) is 6.08 Å². The summed E-state index contributed by atoms with van der Waals surface area (Å²) in [6.45, 7) is -0.556. The average molecular weight is 242 g/mol. The summed E-state index contributed by atoms with van der Waals surface area (Å²) in [5, 5.41) is 28.9. The van der Waals surface area contributed by atoms with Gasteiger partial charge in [-0.3, -0.25) is 0 Å². The number of methoxy groups -OCH3 is 1. The fraction of sp³-hybridized carbons (Fsp3) is 0.545. The molecule has 2 aliphatic rings. The Morgan fingerprint density at radius 3 is 2.94 bits per heavy atom. The normalized spacial score (nSPS) is 39.3. The standard InChI is InChI=1S/C11H14O6/c1-16-9(13)7-4-17-10(14)8-6(7)2-3-11(8,15)5-12/h2-4,6,8,10,12,14-15H,5H2,1H3/t6-,8-,10?,11-/m1/s1. The van der Waals surface area contributed by atoms with Crippen LogP contribution >= 0.6 is 0 Å². The summed E-state index contributed by atoms with van der Waals surface area (Å²) in [6.07, 6.45) is 2.79. The number of ether oxygens (including phenoxy) is 2. The molecule has 0 saturated carbocycles. The molecule has 1 unspecified atom stereocenters. The van der Waals surface area contributed by atoms with E-state index < -0.39 is 36.3 Å². The summed E-state index contributed by atoms with van der Waals surface area (Å²) < 4.78 is 9.49. The molecule has 0 radical (unpaired) electrons. The van der Waals surface area contributed by atoms with Crippen LogP contribution < -0.4 is 0 Å². The van der Waals surface area contributed by atoms with E-state index in [1.165, 1.54) is 13.2 Å². The zero-order chi connectivity index (χ0) is 12.6. The number of esters is 1. The largest absolute Gasteiger partial charge is 0.472 e. The predicted molar refractivity (Wildman–Crippen MR) is 55.3 cm³/mol. The molecular weight excluding hydrogens is 228 g/mol. The van der Waals surface area contributed by atoms with Crippen molar-refractivity contribution < 1.29 is 29.6 Å². The molecule has 6 nitrogen and oxygen atoms in total. The van der Waals surface area contributed by atoms with Gasteiger partial charge in [0.1, 0.15) is 5.60 Å². The van der Waals surface area contributed by atoms with Crippen molar-refractivity contribution in [2.45, 2.75) is 11.9 Å². The van der Waals surface area contributed by atoms with Gasteiger partial charge in [0.05, 0.1) is 31.5 Å². The Labute approximate surface area is 97.8 Å². The molecular formula is C11H14O6. The highest BCUT2D eigenvalue weighted by molar-refractivity contribution is 5.89. The van der Waals surface area contributed by atoms with Crippen molar-refractivity contribution in [2.75, 3.05) is 13.7 Å². The van der Waals surface area contributed by atoms with Gasteiger partial charge in [0.2, 0.25) is 6.29 Å². The van der Waals surface area contributed by atoms with Crippen molar-refractivity contribution in [3.05, 3.63) is 24.0 Å². The maximum Gasteiger partial charge on any atom is 0.337 e. The van der Waals surface area contributed by atoms with Gasteiger partial charge in [0.25, 0.3) is 0 Å². The Balaban J connectivity index is 2.34. The van der Waals surface area contributed by atoms with Gasteiger partial charge in [-0.1, -0.05) is 12.2 Å². The van der Waals surface area contributed by atoms with Gasteiger partial charge in [-0.15, -0.1) is 0 Å². The quantitative estimate of drug-likeness (QED) is 0.421. The number of aliphatic hydroxyl groups excluding tert-OH is 2. The lowest BCUT2D eigenvalue weighted by Gasteiger charge is -2.37. The number of aliphatic hydroxyl groups is 3. The molecule has 4 atom stereocenters. The lowest BCUT2D eigenvalue weighted by Crippen LogP contribution is -2.48. The van der Waals surface area contributed by atoms with E-state index in [0.717, 1.165) is 6.26 Å². The second-order valence-corrected chi connectivity index (χ2v) is 4.15. The number of hydrogen-bond donors (Lipinski definition) is 3. The minimum absolute atomic E-state index is 0.212. The number of carbonyl (C=O) groups is 1. The van der Waals surface area contributed by atoms with E-state index in [0.29, 0.717) is 0 Å². The van der Waals surface area contributed by atoms with Gasteiger partial charge in [-0.05, 0) is 0 Å². The molecule has 0 saturated heterocycles. The van der Waals surface area contributed by atoms with Crippen LogP contribution in [0.5, 0.6) is 0 Å². The Morgan fingerprint density at radius 1 is 1.65 bits per heavy atom. The van der Waals surface area contributed by atoms with Crippen molar-refractivity contribution in [3.8, 4) is 0 Å². The van der Waals surface area contributed by atoms with Crippen LogP contribution in [0.4, 0.5) is 0 Å². The minimum Gasteiger partial charge on any atom is -0.472 e. The summed E-state index contributed by atoms with van der Waals surface area (Å²) in [6, 6.07) is 0. The molecule has 0 amide bonds. The van der Waals surface area contributed by atoms with Gasteiger partial charge in [-0.25, -0.2) is 4.79 Å². The monoisotopic (exact) mass is 242 g/mol. The van der Waals surface area contributed by atoms with Gasteiger partial charge in [0, 0.05) is 5.92 Å². The summed E-state index contributed by atoms with van der Waals surface area (Å²) in [5.41, 5.74) is -1.37. The van der Waals surface area contributed by atoms with E-state index in [1.807, 2.05) is 0 Å². The van der Waals surface area contributed by atoms with Crippen LogP contribution in [0.2, 0.25) is 0 Å². The van der Waals surface area contributed by atoms with E-state index in [4.69, 9.17) is 9.84 Å². The fourth-order valence-corrected chi connectivity index (χ4v) is 2.30. The molecule has 0 aromatic rings. The molecule has 0 bridgehead atoms. The zero-order valence-electron chi connectivity index (χ0n) is 9.24. The number of hydrogen-bond acceptors (Lipinski definition) is 6. The lowest BCUT2D eigenvalue weighted by molar-refractivity contribution is -0.171. The molecule has 1 heterocycles. The van der Waals surface area contributed by atoms with Gasteiger partial charge >= 0.3 is 5.97 Å². The van der Waals surface area contributed by atoms with Crippen molar-refractivity contribution in [3.63, 3.8) is 0 Å². The Hall–Kier alpha value is -1.37. The first kappa shape index (κ1) is 12.1. The molecule has 6 heteroatoms. The molecule has 0 aromatic heterocycles. The van der Waals surface area contributed by atoms with Crippen LogP contribution in [0, 0.1) is 11.8 Å². The van der Waals surface area contributed by atoms with Crippen molar-refractivity contribution in [2.24, 2.45) is 11.8 Å². The summed E-state index contributed by atoms with van der Waals surface area (Å²) in [4.78, 5) is 11.5. The Kier molecular flexibility index (Phi) is 2.94. The maximum atomic E-state index is 11.5. The Morgan fingerprint density at radius 2 is 2.35 bits per heavy atom. The first-order valence-corrected chi connectivity index (χ1v) is 5.18. The molecule has 17 heavy (non-hydrogen) atoms. The molecule has 2 rings (SSSR count). The van der Waals surface area contributed by atoms with Crippen LogP contribution in [0.15, 0.2) is 24.0 Å². The molecule has 0 fully saturated rings. The maximum absolute atomic E-state index is 11.5. The third-order valence-corrected chi connectivity index (χ3v) is 3.23. The highest BCUT2D eigenvalue weighted by Gasteiger charge is 2.52. The van der Waals surface area contributed by atoms with Gasteiger partial charge < -0.3 is 24.8 Å². The predicted octanol–water partition coefficient (Wildman–Crippen LogP) is -1.08. The van der Waals surface area contributed by atoms with Crippen LogP contribution in [-0.4, -0.2) is 46.9 Å².